The highest BCUT2D eigenvalue weighted by Gasteiger charge is 2.31. The van der Waals surface area contributed by atoms with E-state index in [9.17, 15) is 19.2 Å². The second-order valence-corrected chi connectivity index (χ2v) is 37.3. The van der Waals surface area contributed by atoms with Crippen LogP contribution in [-0.2, 0) is 19.2 Å². The first-order valence-electron chi connectivity index (χ1n) is 49.4. The minimum absolute atomic E-state index is 0.00362. The number of nitrogens with one attached hydrogen (secondary N) is 12. The number of rotatable bonds is 22. The Labute approximate surface area is 844 Å². The number of anilines is 4. The van der Waals surface area contributed by atoms with Crippen LogP contribution in [-0.4, -0.2) is 144 Å². The third-order valence-electron chi connectivity index (χ3n) is 27.4. The standard InChI is InChI=1S/C30H25N7O.C29H23N7O.C29H25N7O.C28H21N7O/c38-30(18-5-1-2-6-18)33-22-13-21(16-32-17-22)19-10-11-25-24(14-19)28(37-36-25)29-34-26-9-3-8-23(27(26)35-29)20-7-4-12-31-15-20;37-29(17-4-1-5-17)32-21-12-20(15-31-16-21)18-9-10-24-23(13-18)27(36-35-24)28-33-25-8-2-7-22(26(25)34-28)19-6-3-11-30-14-19;1-2-3-9-26(37)32-21-13-20(16-31-17-21)18-10-11-24-23(14-18)28(36-35-24)29-33-25-8-4-7-22(27(25)34-29)19-6-5-12-30-15-19;36-28(16-6-7-16)31-20-11-19(14-30-15-20)17-8-9-23-22(12-17)26(35-34-23)27-32-24-5-1-4-21(25(24)33-27)18-3-2-10-29-13-18/h3-4,7-18H,1-2,5-6H2,(H,33,38)(H,34,35)(H,36,37);2-3,6-17H,1,4-5H2,(H,32,37)(H,33,34)(H,35,36);4-8,10-17H,2-3,9H2,1H3,(H,32,37)(H,33,34)(H,35,36);1-5,8-16H,6-7H2,(H,31,36)(H,32,33)(H,34,35). The van der Waals surface area contributed by atoms with Gasteiger partial charge in [-0.1, -0.05) is 130 Å². The number of amides is 4. The molecule has 0 aliphatic heterocycles. The van der Waals surface area contributed by atoms with Gasteiger partial charge < -0.3 is 41.2 Å². The molecule has 32 nitrogen and oxygen atoms in total. The van der Waals surface area contributed by atoms with Crippen LogP contribution in [0.15, 0.2) is 318 Å². The SMILES string of the molecule is CCCCC(=O)Nc1cncc(-c2ccc3[nH]nc(-c4nc5c(-c6cccnc6)cccc5[nH]4)c3c2)c1.O=C(Nc1cncc(-c2ccc3[nH]nc(-c4nc5c(-c6cccnc6)cccc5[nH]4)c3c2)c1)C1CC1.O=C(Nc1cncc(-c2ccc3[nH]nc(-c4nc5c(-c6cccnc6)cccc5[nH]4)c3c2)c1)C1CCC1.O=C(Nc1cncc(-c2ccc3[nH]nc(-c4nc5c(-c6cccnc6)cccc5[nH]4)c3c2)c1)C1CCCC1. The number of carbonyl (C=O) groups is 4. The Morgan fingerprint density at radius 2 is 0.547 bits per heavy atom. The number of pyridine rings is 8. The van der Waals surface area contributed by atoms with Crippen molar-refractivity contribution in [3.63, 3.8) is 0 Å². The van der Waals surface area contributed by atoms with Crippen LogP contribution in [0.1, 0.15) is 84.0 Å². The van der Waals surface area contributed by atoms with Crippen LogP contribution in [0, 0.1) is 17.8 Å². The molecule has 148 heavy (non-hydrogen) atoms. The van der Waals surface area contributed by atoms with Crippen LogP contribution in [0.3, 0.4) is 0 Å². The van der Waals surface area contributed by atoms with Crippen LogP contribution in [0.2, 0.25) is 0 Å². The first-order valence-corrected chi connectivity index (χ1v) is 49.4. The Bertz CT molecular complexity index is 9110. The molecule has 3 saturated carbocycles. The molecule has 0 bridgehead atoms. The van der Waals surface area contributed by atoms with E-state index in [-0.39, 0.29) is 41.4 Å². The molecule has 3 aliphatic carbocycles. The van der Waals surface area contributed by atoms with Gasteiger partial charge in [-0.05, 0) is 189 Å². The molecule has 0 unspecified atom stereocenters. The monoisotopic (exact) mass is 1940 g/mol. The summed E-state index contributed by atoms with van der Waals surface area (Å²) in [5, 5.41) is 46.6. The molecule has 12 N–H and O–H groups in total. The number of H-pyrrole nitrogens is 8. The van der Waals surface area contributed by atoms with Crippen LogP contribution in [0.5, 0.6) is 0 Å². The normalized spacial score (nSPS) is 13.0. The summed E-state index contributed by atoms with van der Waals surface area (Å²) in [6.45, 7) is 2.07. The molecule has 0 spiro atoms. The Kier molecular flexibility index (Phi) is 24.7. The molecule has 8 aromatic carbocycles. The molecule has 16 heterocycles. The predicted octanol–water partition coefficient (Wildman–Crippen LogP) is 24.3. The van der Waals surface area contributed by atoms with Crippen molar-refractivity contribution in [1.82, 2.24) is 121 Å². The second kappa shape index (κ2) is 40.2. The van der Waals surface area contributed by atoms with Crippen LogP contribution >= 0.6 is 0 Å². The lowest BCUT2D eigenvalue weighted by molar-refractivity contribution is -0.122. The lowest BCUT2D eigenvalue weighted by Gasteiger charge is -2.24. The molecular weight excluding hydrogens is 1850 g/mol. The van der Waals surface area contributed by atoms with E-state index >= 15 is 0 Å². The van der Waals surface area contributed by atoms with E-state index in [2.05, 4.69) is 165 Å². The number of unbranched alkanes of at least 4 members (excludes halogenated alkanes) is 1. The van der Waals surface area contributed by atoms with E-state index in [1.165, 1.54) is 0 Å². The van der Waals surface area contributed by atoms with Gasteiger partial charge in [-0.2, -0.15) is 20.4 Å². The number of carbonyl (C=O) groups excluding carboxylic acids is 4. The third kappa shape index (κ3) is 19.0. The van der Waals surface area contributed by atoms with Gasteiger partial charge in [-0.3, -0.25) is 79.4 Å². The van der Waals surface area contributed by atoms with E-state index in [1.807, 2.05) is 213 Å². The summed E-state index contributed by atoms with van der Waals surface area (Å²) >= 11 is 0. The largest absolute Gasteiger partial charge is 0.337 e. The summed E-state index contributed by atoms with van der Waals surface area (Å²) < 4.78 is 0. The fraction of sp³-hybridized carbons (Fsp3) is 0.138. The number of benzene rings is 8. The summed E-state index contributed by atoms with van der Waals surface area (Å²) in [7, 11) is 0. The molecule has 0 saturated heterocycles. The minimum Gasteiger partial charge on any atom is -0.337 e. The molecule has 0 atom stereocenters. The topological polar surface area (TPSA) is 449 Å². The predicted molar refractivity (Wildman–Crippen MR) is 577 cm³/mol. The molecule has 24 aromatic rings. The zero-order valence-corrected chi connectivity index (χ0v) is 80.0. The number of aromatic nitrogens is 24. The molecule has 27 rings (SSSR count). The van der Waals surface area contributed by atoms with Crippen molar-refractivity contribution in [3.8, 4) is 135 Å². The summed E-state index contributed by atoms with van der Waals surface area (Å²) in [4.78, 5) is 117. The lowest BCUT2D eigenvalue weighted by Crippen LogP contribution is -2.28. The highest BCUT2D eigenvalue weighted by atomic mass is 16.2. The Balaban J connectivity index is 0.000000105. The number of para-hydroxylation sites is 4. The van der Waals surface area contributed by atoms with Gasteiger partial charge in [0.05, 0.1) is 114 Å². The zero-order valence-electron chi connectivity index (χ0n) is 80.0. The first-order chi connectivity index (χ1) is 72.9. The fourth-order valence-corrected chi connectivity index (χ4v) is 19.3. The Hall–Kier alpha value is -19.4. The van der Waals surface area contributed by atoms with Crippen LogP contribution in [0.4, 0.5) is 22.7 Å². The Morgan fingerprint density at radius 3 is 0.811 bits per heavy atom. The van der Waals surface area contributed by atoms with Crippen molar-refractivity contribution in [2.45, 2.75) is 84.0 Å². The molecule has 0 radical (unpaired) electrons. The quantitative estimate of drug-likeness (QED) is 0.0300. The Morgan fingerprint density at radius 1 is 0.270 bits per heavy atom. The maximum atomic E-state index is 12.6. The van der Waals surface area contributed by atoms with Crippen LogP contribution in [0.25, 0.3) is 223 Å². The van der Waals surface area contributed by atoms with Gasteiger partial charge in [0, 0.05) is 187 Å². The van der Waals surface area contributed by atoms with Gasteiger partial charge in [0.2, 0.25) is 23.6 Å². The summed E-state index contributed by atoms with van der Waals surface area (Å²) in [6, 6.07) is 72.4. The van der Waals surface area contributed by atoms with E-state index in [4.69, 9.17) is 19.9 Å². The second-order valence-electron chi connectivity index (χ2n) is 37.3. The average molecular weight is 1940 g/mol. The van der Waals surface area contributed by atoms with Crippen molar-refractivity contribution in [1.29, 1.82) is 0 Å². The first kappa shape index (κ1) is 91.1. The van der Waals surface area contributed by atoms with Crippen molar-refractivity contribution in [2.24, 2.45) is 17.8 Å². The number of aromatic amines is 8. The van der Waals surface area contributed by atoms with Gasteiger partial charge in [-0.15, -0.1) is 0 Å². The molecule has 3 aliphatic rings. The maximum absolute atomic E-state index is 12.6. The van der Waals surface area contributed by atoms with E-state index in [1.54, 1.807) is 68.2 Å². The number of nitrogens with zero attached hydrogens (tertiary/aromatic N) is 16. The van der Waals surface area contributed by atoms with Gasteiger partial charge >= 0.3 is 0 Å². The smallest absolute Gasteiger partial charge is 0.227 e. The third-order valence-corrected chi connectivity index (χ3v) is 27.4. The zero-order chi connectivity index (χ0) is 99.5. The van der Waals surface area contributed by atoms with Gasteiger partial charge in [-0.25, -0.2) is 19.9 Å². The number of fused-ring (bicyclic) bond motifs is 8. The average Bonchev–Trinajstić information content (AvgIpc) is 1.62. The van der Waals surface area contributed by atoms with Gasteiger partial charge in [0.1, 0.15) is 22.8 Å². The van der Waals surface area contributed by atoms with E-state index in [0.29, 0.717) is 52.5 Å². The number of imidazole rings is 4. The molecule has 722 valence electrons. The number of hydrogen-bond donors (Lipinski definition) is 12. The molecule has 3 fully saturated rings. The van der Waals surface area contributed by atoms with E-state index in [0.717, 1.165) is 270 Å². The minimum atomic E-state index is 0.00362. The summed E-state index contributed by atoms with van der Waals surface area (Å²) in [6.07, 6.45) is 39.9. The fourth-order valence-electron chi connectivity index (χ4n) is 19.3. The van der Waals surface area contributed by atoms with Crippen molar-refractivity contribution >= 4 is 134 Å². The van der Waals surface area contributed by atoms with Crippen LogP contribution < -0.4 is 21.3 Å². The number of hydrogen-bond acceptors (Lipinski definition) is 20. The van der Waals surface area contributed by atoms with Gasteiger partial charge in [0.15, 0.2) is 23.3 Å². The maximum Gasteiger partial charge on any atom is 0.227 e. The summed E-state index contributed by atoms with van der Waals surface area (Å²) in [5.41, 5.74) is 32.3. The van der Waals surface area contributed by atoms with E-state index < -0.39 is 0 Å². The van der Waals surface area contributed by atoms with Gasteiger partial charge in [0.25, 0.3) is 0 Å². The highest BCUT2D eigenvalue weighted by molar-refractivity contribution is 6.06. The van der Waals surface area contributed by atoms with Crippen molar-refractivity contribution < 1.29 is 19.2 Å². The lowest BCUT2D eigenvalue weighted by atomic mass is 9.85. The van der Waals surface area contributed by atoms with Crippen molar-refractivity contribution in [3.05, 3.63) is 318 Å². The molecular formula is C116H94N28O4. The molecule has 4 amide bonds. The highest BCUT2D eigenvalue weighted by Crippen LogP contribution is 2.42. The summed E-state index contributed by atoms with van der Waals surface area (Å²) in [5.74, 6) is 3.35. The van der Waals surface area contributed by atoms with Crippen molar-refractivity contribution in [2.75, 3.05) is 21.3 Å². The molecule has 32 heteroatoms. The molecule has 16 aromatic heterocycles.